The van der Waals surface area contributed by atoms with Crippen molar-refractivity contribution >= 4 is 43.5 Å². The minimum atomic E-state index is 0.863. The molecule has 0 saturated carbocycles. The third kappa shape index (κ3) is 3.05. The lowest BCUT2D eigenvalue weighted by Crippen LogP contribution is -2.00. The second-order valence-electron chi connectivity index (χ2n) is 8.94. The van der Waals surface area contributed by atoms with Crippen LogP contribution in [0.5, 0.6) is 0 Å². The van der Waals surface area contributed by atoms with Crippen LogP contribution in [0, 0.1) is 0 Å². The summed E-state index contributed by atoms with van der Waals surface area (Å²) < 4.78 is 2.28. The lowest BCUT2D eigenvalue weighted by atomic mass is 9.95. The van der Waals surface area contributed by atoms with Crippen LogP contribution < -0.4 is 0 Å². The molecule has 3 heteroatoms. The molecule has 0 N–H and O–H groups in total. The Bertz CT molecular complexity index is 1880. The molecule has 166 valence electrons. The average molecular weight is 450 g/mol. The number of para-hydroxylation sites is 3. The quantitative estimate of drug-likeness (QED) is 0.255. The molecule has 0 saturated heterocycles. The average Bonchev–Trinajstić information content (AvgIpc) is 3.31. The number of rotatable bonds is 3. The van der Waals surface area contributed by atoms with Crippen LogP contribution >= 0.6 is 0 Å². The number of hydrogen-bond donors (Lipinski definition) is 0. The number of imidazole rings is 1. The first kappa shape index (κ1) is 19.9. The zero-order chi connectivity index (χ0) is 23.4. The predicted molar refractivity (Wildman–Crippen MR) is 146 cm³/mol. The fourth-order valence-electron chi connectivity index (χ4n) is 5.34. The van der Waals surface area contributed by atoms with Gasteiger partial charge >= 0.3 is 0 Å². The Morgan fingerprint density at radius 3 is 2.29 bits per heavy atom. The van der Waals surface area contributed by atoms with Crippen LogP contribution in [0.4, 0.5) is 0 Å². The van der Waals surface area contributed by atoms with E-state index in [9.17, 15) is 0 Å². The van der Waals surface area contributed by atoms with E-state index >= 15 is 0 Å². The van der Waals surface area contributed by atoms with Gasteiger partial charge in [-0.05, 0) is 41.1 Å². The van der Waals surface area contributed by atoms with Crippen LogP contribution in [0.2, 0.25) is 0 Å². The van der Waals surface area contributed by atoms with E-state index in [0.717, 1.165) is 45.7 Å². The molecule has 35 heavy (non-hydrogen) atoms. The molecule has 2 aromatic heterocycles. The topological polar surface area (TPSA) is 30.7 Å². The first-order chi connectivity index (χ1) is 17.3. The maximum Gasteiger partial charge on any atom is 0.114 e. The Kier molecular flexibility index (Phi) is 4.43. The monoisotopic (exact) mass is 449 g/mol. The van der Waals surface area contributed by atoms with Crippen LogP contribution in [0.1, 0.15) is 12.7 Å². The molecular formula is C32H23N3. The van der Waals surface area contributed by atoms with Crippen molar-refractivity contribution in [3.8, 4) is 16.9 Å². The van der Waals surface area contributed by atoms with E-state index < -0.39 is 0 Å². The zero-order valence-electron chi connectivity index (χ0n) is 19.4. The van der Waals surface area contributed by atoms with Gasteiger partial charge in [-0.25, -0.2) is 9.97 Å². The highest BCUT2D eigenvalue weighted by molar-refractivity contribution is 6.22. The van der Waals surface area contributed by atoms with Crippen molar-refractivity contribution in [3.05, 3.63) is 115 Å². The van der Waals surface area contributed by atoms with E-state index in [-0.39, 0.29) is 0 Å². The highest BCUT2D eigenvalue weighted by Crippen LogP contribution is 2.37. The van der Waals surface area contributed by atoms with Crippen LogP contribution in [-0.2, 0) is 6.42 Å². The molecular weight excluding hydrogens is 426 g/mol. The summed E-state index contributed by atoms with van der Waals surface area (Å²) in [4.78, 5) is 10.1. The molecule has 5 aromatic carbocycles. The Balaban J connectivity index is 1.54. The summed E-state index contributed by atoms with van der Waals surface area (Å²) in [6, 6.07) is 38.6. The number of benzene rings is 5. The van der Waals surface area contributed by atoms with E-state index in [1.54, 1.807) is 0 Å². The van der Waals surface area contributed by atoms with Crippen LogP contribution in [0.3, 0.4) is 0 Å². The fourth-order valence-corrected chi connectivity index (χ4v) is 5.34. The smallest absolute Gasteiger partial charge is 0.114 e. The first-order valence-corrected chi connectivity index (χ1v) is 12.1. The van der Waals surface area contributed by atoms with Gasteiger partial charge in [0.25, 0.3) is 0 Å². The van der Waals surface area contributed by atoms with Gasteiger partial charge in [0.2, 0.25) is 0 Å². The SMILES string of the molecule is CCc1nc2ccccc2n1-c1cccc(-c2nc3ccccc3c3c2ccc2ccccc23)c1. The molecule has 0 fully saturated rings. The van der Waals surface area contributed by atoms with Gasteiger partial charge in [0.1, 0.15) is 5.82 Å². The second kappa shape index (κ2) is 7.78. The summed E-state index contributed by atoms with van der Waals surface area (Å²) in [5, 5.41) is 6.12. The van der Waals surface area contributed by atoms with Crippen molar-refractivity contribution in [3.63, 3.8) is 0 Å². The number of aromatic nitrogens is 3. The molecule has 0 aliphatic carbocycles. The normalized spacial score (nSPS) is 11.7. The van der Waals surface area contributed by atoms with Gasteiger partial charge in [-0.15, -0.1) is 0 Å². The van der Waals surface area contributed by atoms with Crippen LogP contribution in [0.15, 0.2) is 109 Å². The number of pyridine rings is 1. The first-order valence-electron chi connectivity index (χ1n) is 12.1. The second-order valence-corrected chi connectivity index (χ2v) is 8.94. The third-order valence-corrected chi connectivity index (χ3v) is 6.91. The van der Waals surface area contributed by atoms with Gasteiger partial charge in [0, 0.05) is 33.8 Å². The van der Waals surface area contributed by atoms with Crippen molar-refractivity contribution in [1.29, 1.82) is 0 Å². The number of hydrogen-bond acceptors (Lipinski definition) is 2. The van der Waals surface area contributed by atoms with Crippen molar-refractivity contribution in [1.82, 2.24) is 14.5 Å². The molecule has 3 nitrogen and oxygen atoms in total. The van der Waals surface area contributed by atoms with Gasteiger partial charge in [0.15, 0.2) is 0 Å². The molecule has 2 heterocycles. The van der Waals surface area contributed by atoms with Crippen molar-refractivity contribution in [2.75, 3.05) is 0 Å². The molecule has 0 aliphatic heterocycles. The summed E-state index contributed by atoms with van der Waals surface area (Å²) in [7, 11) is 0. The Hall–Kier alpha value is -4.50. The van der Waals surface area contributed by atoms with Crippen molar-refractivity contribution < 1.29 is 0 Å². The fraction of sp³-hybridized carbons (Fsp3) is 0.0625. The van der Waals surface area contributed by atoms with E-state index in [4.69, 9.17) is 9.97 Å². The Labute approximate surface area is 203 Å². The standard InChI is InChI=1S/C32H23N3/c1-2-30-33-28-16-7-8-17-29(28)35(30)23-12-9-11-22(20-23)32-26-19-18-21-10-3-4-13-24(21)31(26)25-14-5-6-15-27(25)34-32/h3-20H,2H2,1H3. The Morgan fingerprint density at radius 1 is 0.629 bits per heavy atom. The van der Waals surface area contributed by atoms with Gasteiger partial charge in [-0.1, -0.05) is 85.8 Å². The number of aryl methyl sites for hydroxylation is 1. The van der Waals surface area contributed by atoms with Gasteiger partial charge in [-0.3, -0.25) is 4.57 Å². The summed E-state index contributed by atoms with van der Waals surface area (Å²) in [5.74, 6) is 1.06. The zero-order valence-corrected chi connectivity index (χ0v) is 19.4. The molecule has 0 atom stereocenters. The third-order valence-electron chi connectivity index (χ3n) is 6.91. The van der Waals surface area contributed by atoms with E-state index in [1.165, 1.54) is 26.9 Å². The summed E-state index contributed by atoms with van der Waals surface area (Å²) in [5.41, 5.74) is 6.39. The van der Waals surface area contributed by atoms with E-state index in [0.29, 0.717) is 0 Å². The minimum absolute atomic E-state index is 0.863. The van der Waals surface area contributed by atoms with Gasteiger partial charge in [-0.2, -0.15) is 0 Å². The maximum atomic E-state index is 5.18. The molecule has 7 aromatic rings. The van der Waals surface area contributed by atoms with Gasteiger partial charge in [0.05, 0.1) is 22.2 Å². The van der Waals surface area contributed by atoms with Crippen molar-refractivity contribution in [2.45, 2.75) is 13.3 Å². The summed E-state index contributed by atoms with van der Waals surface area (Å²) in [6.07, 6.45) is 0.863. The molecule has 0 spiro atoms. The van der Waals surface area contributed by atoms with Crippen LogP contribution in [0.25, 0.3) is 60.4 Å². The van der Waals surface area contributed by atoms with Crippen molar-refractivity contribution in [2.24, 2.45) is 0 Å². The molecule has 0 bridgehead atoms. The number of fused-ring (bicyclic) bond motifs is 6. The highest BCUT2D eigenvalue weighted by Gasteiger charge is 2.15. The number of nitrogens with zero attached hydrogens (tertiary/aromatic N) is 3. The largest absolute Gasteiger partial charge is 0.296 e. The molecule has 7 rings (SSSR count). The summed E-state index contributed by atoms with van der Waals surface area (Å²) in [6.45, 7) is 2.16. The minimum Gasteiger partial charge on any atom is -0.296 e. The van der Waals surface area contributed by atoms with E-state index in [1.807, 2.05) is 6.07 Å². The highest BCUT2D eigenvalue weighted by atomic mass is 15.1. The maximum absolute atomic E-state index is 5.18. The van der Waals surface area contributed by atoms with Crippen LogP contribution in [-0.4, -0.2) is 14.5 Å². The molecule has 0 aliphatic rings. The molecule has 0 unspecified atom stereocenters. The lowest BCUT2D eigenvalue weighted by Gasteiger charge is -2.14. The van der Waals surface area contributed by atoms with E-state index in [2.05, 4.69) is 115 Å². The molecule has 0 amide bonds. The predicted octanol–water partition coefficient (Wildman–Crippen LogP) is 8.11. The molecule has 0 radical (unpaired) electrons. The van der Waals surface area contributed by atoms with Gasteiger partial charge < -0.3 is 0 Å². The Morgan fingerprint density at radius 2 is 1.40 bits per heavy atom. The lowest BCUT2D eigenvalue weighted by molar-refractivity contribution is 0.908. The summed E-state index contributed by atoms with van der Waals surface area (Å²) >= 11 is 0.